The minimum absolute atomic E-state index is 0.0964. The van der Waals surface area contributed by atoms with Crippen molar-refractivity contribution >= 4 is 34.8 Å². The molecular weight excluding hydrogens is 350 g/mol. The van der Waals surface area contributed by atoms with E-state index in [1.54, 1.807) is 13.0 Å². The van der Waals surface area contributed by atoms with E-state index >= 15 is 0 Å². The first-order valence-corrected chi connectivity index (χ1v) is 7.86. The van der Waals surface area contributed by atoms with E-state index < -0.39 is 17.5 Å². The van der Waals surface area contributed by atoms with E-state index in [-0.39, 0.29) is 18.1 Å². The minimum Gasteiger partial charge on any atom is -0.324 e. The molecule has 2 aromatic carbocycles. The van der Waals surface area contributed by atoms with Crippen molar-refractivity contribution in [2.24, 2.45) is 0 Å². The molecule has 132 valence electrons. The third kappa shape index (κ3) is 4.54. The van der Waals surface area contributed by atoms with Crippen LogP contribution in [0.2, 0.25) is 5.02 Å². The van der Waals surface area contributed by atoms with E-state index in [9.17, 15) is 18.4 Å². The molecule has 0 atom stereocenters. The highest BCUT2D eigenvalue weighted by Gasteiger charge is 2.21. The maximum atomic E-state index is 13.2. The number of nitrogens with zero attached hydrogens (tertiary/aromatic N) is 1. The molecule has 25 heavy (non-hydrogen) atoms. The molecule has 2 amide bonds. The Kier molecular flexibility index (Phi) is 5.74. The Morgan fingerprint density at radius 3 is 2.36 bits per heavy atom. The maximum absolute atomic E-state index is 13.2. The van der Waals surface area contributed by atoms with E-state index in [1.165, 1.54) is 17.9 Å². The number of amides is 2. The predicted molar refractivity (Wildman–Crippen MR) is 93.9 cm³/mol. The number of aryl methyl sites for hydroxylation is 2. The molecule has 0 bridgehead atoms. The first-order chi connectivity index (χ1) is 11.7. The Morgan fingerprint density at radius 2 is 1.80 bits per heavy atom. The van der Waals surface area contributed by atoms with Gasteiger partial charge in [-0.05, 0) is 43.2 Å². The molecule has 4 nitrogen and oxygen atoms in total. The molecule has 7 heteroatoms. The standard InChI is InChI=1S/C18H17ClF2N2O2/c1-10-6-11(2)18(14(19)7-10)23(12(3)24)9-17(25)22-13-4-5-15(20)16(21)8-13/h4-8H,9H2,1-3H3,(H,22,25). The van der Waals surface area contributed by atoms with Gasteiger partial charge in [-0.2, -0.15) is 0 Å². The molecule has 0 aliphatic rings. The van der Waals surface area contributed by atoms with Gasteiger partial charge in [0.05, 0.1) is 10.7 Å². The highest BCUT2D eigenvalue weighted by Crippen LogP contribution is 2.31. The second-order valence-corrected chi connectivity index (χ2v) is 6.10. The van der Waals surface area contributed by atoms with Crippen LogP contribution in [0.3, 0.4) is 0 Å². The number of hydrogen-bond acceptors (Lipinski definition) is 2. The van der Waals surface area contributed by atoms with E-state index in [4.69, 9.17) is 11.6 Å². The first-order valence-electron chi connectivity index (χ1n) is 7.48. The molecule has 0 aliphatic heterocycles. The molecule has 0 saturated carbocycles. The van der Waals surface area contributed by atoms with Gasteiger partial charge in [0, 0.05) is 18.7 Å². The van der Waals surface area contributed by atoms with Crippen molar-refractivity contribution in [2.45, 2.75) is 20.8 Å². The van der Waals surface area contributed by atoms with Gasteiger partial charge in [0.25, 0.3) is 0 Å². The summed E-state index contributed by atoms with van der Waals surface area (Å²) in [5.74, 6) is -3.00. The lowest BCUT2D eigenvalue weighted by molar-refractivity contribution is -0.120. The van der Waals surface area contributed by atoms with E-state index in [1.807, 2.05) is 13.0 Å². The van der Waals surface area contributed by atoms with Crippen LogP contribution in [0.1, 0.15) is 18.1 Å². The number of rotatable bonds is 4. The van der Waals surface area contributed by atoms with Gasteiger partial charge in [-0.1, -0.05) is 17.7 Å². The number of carbonyl (C=O) groups excluding carboxylic acids is 2. The molecule has 0 heterocycles. The molecule has 0 fully saturated rings. The smallest absolute Gasteiger partial charge is 0.244 e. The van der Waals surface area contributed by atoms with E-state index in [0.29, 0.717) is 10.7 Å². The Morgan fingerprint density at radius 1 is 1.12 bits per heavy atom. The summed E-state index contributed by atoms with van der Waals surface area (Å²) in [5.41, 5.74) is 2.22. The van der Waals surface area contributed by atoms with Crippen LogP contribution in [0.5, 0.6) is 0 Å². The Balaban J connectivity index is 2.23. The van der Waals surface area contributed by atoms with Crippen LogP contribution in [0.4, 0.5) is 20.2 Å². The van der Waals surface area contributed by atoms with Crippen molar-refractivity contribution in [1.82, 2.24) is 0 Å². The molecule has 2 aromatic rings. The summed E-state index contributed by atoms with van der Waals surface area (Å²) in [7, 11) is 0. The van der Waals surface area contributed by atoms with Crippen molar-refractivity contribution in [3.8, 4) is 0 Å². The zero-order valence-corrected chi connectivity index (χ0v) is 14.7. The third-order valence-corrected chi connectivity index (χ3v) is 3.84. The number of hydrogen-bond donors (Lipinski definition) is 1. The maximum Gasteiger partial charge on any atom is 0.244 e. The van der Waals surface area contributed by atoms with Gasteiger partial charge in [0.15, 0.2) is 11.6 Å². The average Bonchev–Trinajstić information content (AvgIpc) is 2.48. The van der Waals surface area contributed by atoms with Crippen molar-refractivity contribution in [3.05, 3.63) is 58.1 Å². The summed E-state index contributed by atoms with van der Waals surface area (Å²) in [4.78, 5) is 25.5. The molecule has 0 aliphatic carbocycles. The van der Waals surface area contributed by atoms with Crippen LogP contribution in [0.25, 0.3) is 0 Å². The van der Waals surface area contributed by atoms with Crippen LogP contribution in [0.15, 0.2) is 30.3 Å². The second-order valence-electron chi connectivity index (χ2n) is 5.69. The van der Waals surface area contributed by atoms with Crippen molar-refractivity contribution in [3.63, 3.8) is 0 Å². The van der Waals surface area contributed by atoms with Crippen LogP contribution < -0.4 is 10.2 Å². The predicted octanol–water partition coefficient (Wildman–Crippen LogP) is 4.23. The van der Waals surface area contributed by atoms with E-state index in [2.05, 4.69) is 5.32 Å². The Bertz CT molecular complexity index is 817. The molecule has 0 saturated heterocycles. The zero-order chi connectivity index (χ0) is 18.7. The fraction of sp³-hybridized carbons (Fsp3) is 0.222. The fourth-order valence-corrected chi connectivity index (χ4v) is 2.94. The van der Waals surface area contributed by atoms with Crippen molar-refractivity contribution < 1.29 is 18.4 Å². The molecule has 0 unspecified atom stereocenters. The highest BCUT2D eigenvalue weighted by molar-refractivity contribution is 6.34. The summed E-state index contributed by atoms with van der Waals surface area (Å²) in [6, 6.07) is 6.57. The molecule has 0 spiro atoms. The van der Waals surface area contributed by atoms with E-state index in [0.717, 1.165) is 23.3 Å². The lowest BCUT2D eigenvalue weighted by Crippen LogP contribution is -2.37. The molecular formula is C18H17ClF2N2O2. The number of halogens is 3. The summed E-state index contributed by atoms with van der Waals surface area (Å²) >= 11 is 6.24. The number of carbonyl (C=O) groups is 2. The SMILES string of the molecule is CC(=O)N(CC(=O)Nc1ccc(F)c(F)c1)c1c(C)cc(C)cc1Cl. The third-order valence-electron chi connectivity index (χ3n) is 3.55. The number of benzene rings is 2. The fourth-order valence-electron chi connectivity index (χ4n) is 2.52. The molecule has 0 aromatic heterocycles. The number of anilines is 2. The Hall–Kier alpha value is -2.47. The summed E-state index contributed by atoms with van der Waals surface area (Å²) in [6.07, 6.45) is 0. The number of nitrogens with one attached hydrogen (secondary N) is 1. The lowest BCUT2D eigenvalue weighted by Gasteiger charge is -2.24. The van der Waals surface area contributed by atoms with Gasteiger partial charge >= 0.3 is 0 Å². The van der Waals surface area contributed by atoms with Crippen molar-refractivity contribution in [1.29, 1.82) is 0 Å². The minimum atomic E-state index is -1.07. The largest absolute Gasteiger partial charge is 0.324 e. The summed E-state index contributed by atoms with van der Waals surface area (Å²) < 4.78 is 26.2. The normalized spacial score (nSPS) is 10.5. The quantitative estimate of drug-likeness (QED) is 0.880. The van der Waals surface area contributed by atoms with Crippen LogP contribution in [0, 0.1) is 25.5 Å². The van der Waals surface area contributed by atoms with Gasteiger partial charge in [-0.3, -0.25) is 9.59 Å². The van der Waals surface area contributed by atoms with Crippen LogP contribution >= 0.6 is 11.6 Å². The summed E-state index contributed by atoms with van der Waals surface area (Å²) in [5, 5.41) is 2.79. The van der Waals surface area contributed by atoms with Gasteiger partial charge in [0.1, 0.15) is 6.54 Å². The zero-order valence-electron chi connectivity index (χ0n) is 14.0. The molecule has 1 N–H and O–H groups in total. The first kappa shape index (κ1) is 18.9. The highest BCUT2D eigenvalue weighted by atomic mass is 35.5. The van der Waals surface area contributed by atoms with Crippen LogP contribution in [-0.4, -0.2) is 18.4 Å². The lowest BCUT2D eigenvalue weighted by atomic mass is 10.1. The van der Waals surface area contributed by atoms with Crippen molar-refractivity contribution in [2.75, 3.05) is 16.8 Å². The monoisotopic (exact) mass is 366 g/mol. The van der Waals surface area contributed by atoms with Crippen LogP contribution in [-0.2, 0) is 9.59 Å². The van der Waals surface area contributed by atoms with Gasteiger partial charge in [-0.15, -0.1) is 0 Å². The van der Waals surface area contributed by atoms with Gasteiger partial charge in [0.2, 0.25) is 11.8 Å². The second kappa shape index (κ2) is 7.61. The molecule has 2 rings (SSSR count). The molecule has 0 radical (unpaired) electrons. The topological polar surface area (TPSA) is 49.4 Å². The average molecular weight is 367 g/mol. The van der Waals surface area contributed by atoms with Gasteiger partial charge < -0.3 is 10.2 Å². The van der Waals surface area contributed by atoms with Gasteiger partial charge in [-0.25, -0.2) is 8.78 Å². The Labute approximate surface area is 149 Å². The summed E-state index contributed by atoms with van der Waals surface area (Å²) in [6.45, 7) is 4.67.